The van der Waals surface area contributed by atoms with Crippen molar-refractivity contribution in [3.63, 3.8) is 0 Å². The number of nitrogens with one attached hydrogen (secondary N) is 2. The second kappa shape index (κ2) is 13.2. The van der Waals surface area contributed by atoms with Crippen LogP contribution >= 0.6 is 24.0 Å². The molecule has 0 saturated carbocycles. The quantitative estimate of drug-likeness (QED) is 0.342. The van der Waals surface area contributed by atoms with E-state index in [0.29, 0.717) is 0 Å². The lowest BCUT2D eigenvalue weighted by Crippen LogP contribution is -2.45. The molecule has 0 aromatic heterocycles. The maximum atomic E-state index is 5.38. The van der Waals surface area contributed by atoms with Crippen molar-refractivity contribution in [3.8, 4) is 0 Å². The second-order valence-electron chi connectivity index (χ2n) is 6.25. The van der Waals surface area contributed by atoms with Crippen LogP contribution in [-0.4, -0.2) is 76.9 Å². The average Bonchev–Trinajstić information content (AvgIpc) is 2.65. The van der Waals surface area contributed by atoms with E-state index in [1.165, 1.54) is 11.3 Å². The molecule has 0 aliphatic carbocycles. The van der Waals surface area contributed by atoms with Gasteiger partial charge in [-0.05, 0) is 25.5 Å². The number of anilines is 1. The molecule has 0 spiro atoms. The first kappa shape index (κ1) is 23.0. The van der Waals surface area contributed by atoms with Crippen molar-refractivity contribution in [3.05, 3.63) is 29.8 Å². The van der Waals surface area contributed by atoms with Gasteiger partial charge in [-0.15, -0.1) is 24.0 Å². The van der Waals surface area contributed by atoms with Gasteiger partial charge in [0.15, 0.2) is 5.96 Å². The summed E-state index contributed by atoms with van der Waals surface area (Å²) >= 11 is 0. The molecular weight excluding hydrogens is 441 g/mol. The van der Waals surface area contributed by atoms with E-state index >= 15 is 0 Å². The van der Waals surface area contributed by atoms with Crippen molar-refractivity contribution < 1.29 is 4.74 Å². The number of hydrogen-bond donors (Lipinski definition) is 2. The lowest BCUT2D eigenvalue weighted by Gasteiger charge is -2.27. The van der Waals surface area contributed by atoms with Gasteiger partial charge >= 0.3 is 0 Å². The molecule has 1 saturated heterocycles. The van der Waals surface area contributed by atoms with Crippen LogP contribution in [0.5, 0.6) is 0 Å². The molecule has 1 fully saturated rings. The van der Waals surface area contributed by atoms with Gasteiger partial charge in [-0.25, -0.2) is 0 Å². The molecule has 0 amide bonds. The van der Waals surface area contributed by atoms with Crippen LogP contribution in [-0.2, 0) is 4.74 Å². The van der Waals surface area contributed by atoms with Crippen molar-refractivity contribution in [2.24, 2.45) is 4.99 Å². The second-order valence-corrected chi connectivity index (χ2v) is 6.25. The van der Waals surface area contributed by atoms with Crippen LogP contribution < -0.4 is 15.5 Å². The zero-order chi connectivity index (χ0) is 17.9. The molecule has 0 bridgehead atoms. The maximum absolute atomic E-state index is 5.38. The number of para-hydroxylation sites is 1. The molecule has 0 radical (unpaired) electrons. The number of likely N-dealkylation sites (N-methyl/N-ethyl adjacent to an activating group) is 1. The predicted molar refractivity (Wildman–Crippen MR) is 121 cm³/mol. The van der Waals surface area contributed by atoms with E-state index < -0.39 is 0 Å². The molecule has 1 aliphatic heterocycles. The number of nitrogens with zero attached hydrogens (tertiary/aromatic N) is 3. The van der Waals surface area contributed by atoms with Crippen molar-refractivity contribution in [1.29, 1.82) is 0 Å². The Morgan fingerprint density at radius 1 is 1.19 bits per heavy atom. The molecule has 1 aromatic carbocycles. The third kappa shape index (κ3) is 7.67. The molecular formula is C19H34IN5O. The highest BCUT2D eigenvalue weighted by atomic mass is 127. The van der Waals surface area contributed by atoms with Gasteiger partial charge in [-0.1, -0.05) is 18.2 Å². The zero-order valence-corrected chi connectivity index (χ0v) is 18.7. The van der Waals surface area contributed by atoms with E-state index in [-0.39, 0.29) is 24.0 Å². The number of aliphatic imine (C=N–C) groups is 1. The van der Waals surface area contributed by atoms with Crippen LogP contribution in [0.3, 0.4) is 0 Å². The predicted octanol–water partition coefficient (Wildman–Crippen LogP) is 1.94. The lowest BCUT2D eigenvalue weighted by atomic mass is 10.2. The van der Waals surface area contributed by atoms with Gasteiger partial charge < -0.3 is 20.3 Å². The Labute approximate surface area is 175 Å². The first-order chi connectivity index (χ1) is 12.2. The Kier molecular flexibility index (Phi) is 11.6. The summed E-state index contributed by atoms with van der Waals surface area (Å²) in [5, 5.41) is 6.81. The Morgan fingerprint density at radius 2 is 1.88 bits per heavy atom. The van der Waals surface area contributed by atoms with Crippen LogP contribution in [0.2, 0.25) is 0 Å². The summed E-state index contributed by atoms with van der Waals surface area (Å²) in [6.07, 6.45) is 0. The SMILES string of the molecule is CCN(CCNC(=NC)NCCN1CCOCC1)c1ccccc1C.I. The first-order valence-corrected chi connectivity index (χ1v) is 9.29. The third-order valence-corrected chi connectivity index (χ3v) is 4.56. The Hall–Kier alpha value is -1.06. The van der Waals surface area contributed by atoms with Crippen LogP contribution in [0.15, 0.2) is 29.3 Å². The summed E-state index contributed by atoms with van der Waals surface area (Å²) in [7, 11) is 1.82. The smallest absolute Gasteiger partial charge is 0.191 e. The highest BCUT2D eigenvalue weighted by Gasteiger charge is 2.10. The Morgan fingerprint density at radius 3 is 2.54 bits per heavy atom. The summed E-state index contributed by atoms with van der Waals surface area (Å²) in [6, 6.07) is 8.54. The van der Waals surface area contributed by atoms with E-state index in [9.17, 15) is 0 Å². The van der Waals surface area contributed by atoms with Crippen molar-refractivity contribution >= 4 is 35.6 Å². The Balaban J connectivity index is 0.00000338. The Bertz CT molecular complexity index is 534. The molecule has 7 heteroatoms. The third-order valence-electron chi connectivity index (χ3n) is 4.56. The van der Waals surface area contributed by atoms with Gasteiger partial charge in [0.25, 0.3) is 0 Å². The van der Waals surface area contributed by atoms with Crippen LogP contribution in [0.1, 0.15) is 12.5 Å². The fourth-order valence-corrected chi connectivity index (χ4v) is 3.05. The molecule has 2 N–H and O–H groups in total. The molecule has 1 aliphatic rings. The number of ether oxygens (including phenoxy) is 1. The largest absolute Gasteiger partial charge is 0.379 e. The van der Waals surface area contributed by atoms with Gasteiger partial charge in [0, 0.05) is 58.5 Å². The molecule has 1 aromatic rings. The number of morpholine rings is 1. The van der Waals surface area contributed by atoms with Crippen molar-refractivity contribution in [2.75, 3.05) is 71.0 Å². The fraction of sp³-hybridized carbons (Fsp3) is 0.632. The summed E-state index contributed by atoms with van der Waals surface area (Å²) in [5.74, 6) is 0.870. The average molecular weight is 475 g/mol. The molecule has 1 heterocycles. The van der Waals surface area contributed by atoms with Crippen LogP contribution in [0.25, 0.3) is 0 Å². The zero-order valence-electron chi connectivity index (χ0n) is 16.3. The normalized spacial score (nSPS) is 15.3. The summed E-state index contributed by atoms with van der Waals surface area (Å²) in [6.45, 7) is 12.8. The number of benzene rings is 1. The summed E-state index contributed by atoms with van der Waals surface area (Å²) in [4.78, 5) is 9.13. The van der Waals surface area contributed by atoms with Gasteiger partial charge in [0.2, 0.25) is 0 Å². The molecule has 2 rings (SSSR count). The van der Waals surface area contributed by atoms with Gasteiger partial charge in [-0.2, -0.15) is 0 Å². The van der Waals surface area contributed by atoms with Crippen LogP contribution in [0, 0.1) is 6.92 Å². The maximum Gasteiger partial charge on any atom is 0.191 e. The monoisotopic (exact) mass is 475 g/mol. The van der Waals surface area contributed by atoms with E-state index in [1.807, 2.05) is 7.05 Å². The number of aryl methyl sites for hydroxylation is 1. The molecule has 0 unspecified atom stereocenters. The van der Waals surface area contributed by atoms with Crippen molar-refractivity contribution in [2.45, 2.75) is 13.8 Å². The first-order valence-electron chi connectivity index (χ1n) is 9.29. The van der Waals surface area contributed by atoms with E-state index in [4.69, 9.17) is 4.74 Å². The molecule has 0 atom stereocenters. The molecule has 6 nitrogen and oxygen atoms in total. The summed E-state index contributed by atoms with van der Waals surface area (Å²) < 4.78 is 5.38. The number of halogens is 1. The minimum Gasteiger partial charge on any atom is -0.379 e. The van der Waals surface area contributed by atoms with E-state index in [2.05, 4.69) is 63.5 Å². The van der Waals surface area contributed by atoms with E-state index in [1.54, 1.807) is 0 Å². The summed E-state index contributed by atoms with van der Waals surface area (Å²) in [5.41, 5.74) is 2.62. The minimum atomic E-state index is 0. The highest BCUT2D eigenvalue weighted by molar-refractivity contribution is 14.0. The number of guanidine groups is 1. The topological polar surface area (TPSA) is 52.1 Å². The minimum absolute atomic E-state index is 0. The van der Waals surface area contributed by atoms with Gasteiger partial charge in [0.05, 0.1) is 13.2 Å². The highest BCUT2D eigenvalue weighted by Crippen LogP contribution is 2.18. The van der Waals surface area contributed by atoms with Gasteiger partial charge in [-0.3, -0.25) is 9.89 Å². The lowest BCUT2D eigenvalue weighted by molar-refractivity contribution is 0.0389. The van der Waals surface area contributed by atoms with Crippen LogP contribution in [0.4, 0.5) is 5.69 Å². The van der Waals surface area contributed by atoms with Gasteiger partial charge in [0.1, 0.15) is 0 Å². The fourth-order valence-electron chi connectivity index (χ4n) is 3.05. The van der Waals surface area contributed by atoms with Crippen molar-refractivity contribution in [1.82, 2.24) is 15.5 Å². The molecule has 26 heavy (non-hydrogen) atoms. The standard InChI is InChI=1S/C19H33N5O.HI/c1-4-24(18-8-6-5-7-17(18)2)12-10-22-19(20-3)21-9-11-23-13-15-25-16-14-23;/h5-8H,4,9-16H2,1-3H3,(H2,20,21,22);1H. The molecule has 148 valence electrons. The van der Waals surface area contributed by atoms with E-state index in [0.717, 1.165) is 65.0 Å². The number of hydrogen-bond acceptors (Lipinski definition) is 4. The number of rotatable bonds is 8.